The first kappa shape index (κ1) is 13.8. The van der Waals surface area contributed by atoms with Crippen LogP contribution in [0.15, 0.2) is 18.6 Å². The highest BCUT2D eigenvalue weighted by Crippen LogP contribution is 2.27. The second-order valence-corrected chi connectivity index (χ2v) is 5.16. The molecule has 0 spiro atoms. The summed E-state index contributed by atoms with van der Waals surface area (Å²) in [5.74, 6) is 2.75. The van der Waals surface area contributed by atoms with E-state index in [2.05, 4.69) is 36.6 Å². The van der Waals surface area contributed by atoms with Gasteiger partial charge in [0.1, 0.15) is 12.2 Å². The van der Waals surface area contributed by atoms with Crippen LogP contribution < -0.4 is 9.64 Å². The highest BCUT2D eigenvalue weighted by atomic mass is 16.5. The fourth-order valence-corrected chi connectivity index (χ4v) is 2.79. The van der Waals surface area contributed by atoms with Gasteiger partial charge < -0.3 is 14.2 Å². The Hall–Kier alpha value is -2.18. The lowest BCUT2D eigenvalue weighted by molar-refractivity contribution is 0.395. The van der Waals surface area contributed by atoms with Crippen LogP contribution in [-0.2, 0) is 6.54 Å². The Balaban J connectivity index is 1.79. The molecule has 0 aromatic carbocycles. The molecule has 1 fully saturated rings. The summed E-state index contributed by atoms with van der Waals surface area (Å²) in [4.78, 5) is 11.0. The normalized spacial score (nSPS) is 18.8. The number of aromatic nitrogens is 5. The maximum Gasteiger partial charge on any atom is 0.228 e. The van der Waals surface area contributed by atoms with Gasteiger partial charge in [-0.25, -0.2) is 4.98 Å². The molecule has 112 valence electrons. The fraction of sp³-hybridized carbons (Fsp3) is 0.571. The van der Waals surface area contributed by atoms with E-state index in [0.29, 0.717) is 11.8 Å². The Bertz CT molecular complexity index is 599. The van der Waals surface area contributed by atoms with E-state index in [1.165, 1.54) is 0 Å². The number of piperidine rings is 1. The third-order valence-corrected chi connectivity index (χ3v) is 3.88. The van der Waals surface area contributed by atoms with Crippen molar-refractivity contribution in [3.05, 3.63) is 24.4 Å². The SMILES string of the molecule is CCn1cnnc1[C@@H]1CCCN(c2nccc(OC)n2)C1. The number of hydrogen-bond donors (Lipinski definition) is 0. The van der Waals surface area contributed by atoms with Gasteiger partial charge in [0, 0.05) is 37.8 Å². The van der Waals surface area contributed by atoms with E-state index in [4.69, 9.17) is 4.74 Å². The smallest absolute Gasteiger partial charge is 0.228 e. The van der Waals surface area contributed by atoms with Crippen LogP contribution >= 0.6 is 0 Å². The van der Waals surface area contributed by atoms with Crippen molar-refractivity contribution in [2.24, 2.45) is 0 Å². The number of anilines is 1. The molecule has 0 bridgehead atoms. The predicted molar refractivity (Wildman–Crippen MR) is 78.5 cm³/mol. The van der Waals surface area contributed by atoms with Gasteiger partial charge in [0.05, 0.1) is 7.11 Å². The Kier molecular flexibility index (Phi) is 3.98. The summed E-state index contributed by atoms with van der Waals surface area (Å²) in [6.07, 6.45) is 5.76. The minimum atomic E-state index is 0.371. The Labute approximate surface area is 124 Å². The third kappa shape index (κ3) is 2.81. The van der Waals surface area contributed by atoms with E-state index in [9.17, 15) is 0 Å². The van der Waals surface area contributed by atoms with Gasteiger partial charge in [-0.15, -0.1) is 10.2 Å². The summed E-state index contributed by atoms with van der Waals surface area (Å²) < 4.78 is 7.29. The zero-order valence-corrected chi connectivity index (χ0v) is 12.4. The summed E-state index contributed by atoms with van der Waals surface area (Å²) in [6.45, 7) is 4.84. The Morgan fingerprint density at radius 1 is 1.43 bits per heavy atom. The molecule has 1 atom stereocenters. The number of rotatable bonds is 4. The van der Waals surface area contributed by atoms with Gasteiger partial charge >= 0.3 is 0 Å². The molecule has 2 aromatic heterocycles. The van der Waals surface area contributed by atoms with Crippen LogP contribution in [-0.4, -0.2) is 44.9 Å². The first-order valence-electron chi connectivity index (χ1n) is 7.31. The van der Waals surface area contributed by atoms with Gasteiger partial charge in [0.25, 0.3) is 0 Å². The lowest BCUT2D eigenvalue weighted by Crippen LogP contribution is -2.36. The quantitative estimate of drug-likeness (QED) is 0.849. The van der Waals surface area contributed by atoms with Crippen LogP contribution in [0.1, 0.15) is 31.5 Å². The summed E-state index contributed by atoms with van der Waals surface area (Å²) in [6, 6.07) is 1.76. The zero-order chi connectivity index (χ0) is 14.7. The van der Waals surface area contributed by atoms with Crippen LogP contribution in [0.4, 0.5) is 5.95 Å². The van der Waals surface area contributed by atoms with Crippen LogP contribution in [0.3, 0.4) is 0 Å². The molecule has 0 saturated carbocycles. The molecule has 2 aromatic rings. The van der Waals surface area contributed by atoms with Gasteiger partial charge in [0.15, 0.2) is 0 Å². The fourth-order valence-electron chi connectivity index (χ4n) is 2.79. The van der Waals surface area contributed by atoms with Crippen molar-refractivity contribution in [3.8, 4) is 5.88 Å². The van der Waals surface area contributed by atoms with E-state index in [-0.39, 0.29) is 0 Å². The van der Waals surface area contributed by atoms with Crippen molar-refractivity contribution >= 4 is 5.95 Å². The molecule has 0 N–H and O–H groups in total. The number of aryl methyl sites for hydroxylation is 1. The van der Waals surface area contributed by atoms with Crippen LogP contribution in [0.2, 0.25) is 0 Å². The molecule has 21 heavy (non-hydrogen) atoms. The number of ether oxygens (including phenoxy) is 1. The molecule has 7 heteroatoms. The van der Waals surface area contributed by atoms with Gasteiger partial charge in [-0.2, -0.15) is 4.98 Å². The minimum Gasteiger partial charge on any atom is -0.481 e. The molecule has 0 amide bonds. The van der Waals surface area contributed by atoms with Gasteiger partial charge in [0.2, 0.25) is 11.8 Å². The number of methoxy groups -OCH3 is 1. The molecule has 3 heterocycles. The summed E-state index contributed by atoms with van der Waals surface area (Å²) >= 11 is 0. The summed E-state index contributed by atoms with van der Waals surface area (Å²) in [5, 5.41) is 8.33. The average Bonchev–Trinajstić information content (AvgIpc) is 3.03. The van der Waals surface area contributed by atoms with E-state index in [0.717, 1.165) is 44.2 Å². The summed E-state index contributed by atoms with van der Waals surface area (Å²) in [7, 11) is 1.62. The third-order valence-electron chi connectivity index (χ3n) is 3.88. The Morgan fingerprint density at radius 3 is 3.14 bits per heavy atom. The van der Waals surface area contributed by atoms with Crippen molar-refractivity contribution in [2.75, 3.05) is 25.1 Å². The highest BCUT2D eigenvalue weighted by Gasteiger charge is 2.26. The van der Waals surface area contributed by atoms with E-state index < -0.39 is 0 Å². The molecule has 0 aliphatic carbocycles. The lowest BCUT2D eigenvalue weighted by Gasteiger charge is -2.32. The van der Waals surface area contributed by atoms with Gasteiger partial charge in [-0.05, 0) is 19.8 Å². The maximum atomic E-state index is 5.18. The molecule has 7 nitrogen and oxygen atoms in total. The van der Waals surface area contributed by atoms with Crippen molar-refractivity contribution in [1.82, 2.24) is 24.7 Å². The molecule has 1 saturated heterocycles. The molecule has 3 rings (SSSR count). The molecular weight excluding hydrogens is 268 g/mol. The van der Waals surface area contributed by atoms with Gasteiger partial charge in [-0.3, -0.25) is 0 Å². The minimum absolute atomic E-state index is 0.371. The van der Waals surface area contributed by atoms with Gasteiger partial charge in [-0.1, -0.05) is 0 Å². The molecule has 1 aliphatic heterocycles. The topological polar surface area (TPSA) is 69.0 Å². The van der Waals surface area contributed by atoms with Crippen LogP contribution in [0.5, 0.6) is 5.88 Å². The molecular formula is C14H20N6O. The van der Waals surface area contributed by atoms with Crippen molar-refractivity contribution in [1.29, 1.82) is 0 Å². The highest BCUT2D eigenvalue weighted by molar-refractivity contribution is 5.33. The number of nitrogens with zero attached hydrogens (tertiary/aromatic N) is 6. The van der Waals surface area contributed by atoms with Crippen LogP contribution in [0.25, 0.3) is 0 Å². The maximum absolute atomic E-state index is 5.18. The predicted octanol–water partition coefficient (Wildman–Crippen LogP) is 1.48. The molecule has 0 radical (unpaired) electrons. The van der Waals surface area contributed by atoms with E-state index >= 15 is 0 Å². The Morgan fingerprint density at radius 2 is 2.33 bits per heavy atom. The van der Waals surface area contributed by atoms with Crippen molar-refractivity contribution < 1.29 is 4.74 Å². The first-order valence-corrected chi connectivity index (χ1v) is 7.31. The first-order chi connectivity index (χ1) is 10.3. The lowest BCUT2D eigenvalue weighted by atomic mass is 9.97. The van der Waals surface area contributed by atoms with Crippen LogP contribution in [0, 0.1) is 0 Å². The second-order valence-electron chi connectivity index (χ2n) is 5.16. The summed E-state index contributed by atoms with van der Waals surface area (Å²) in [5.41, 5.74) is 0. The second kappa shape index (κ2) is 6.07. The monoisotopic (exact) mass is 288 g/mol. The average molecular weight is 288 g/mol. The molecule has 1 aliphatic rings. The van der Waals surface area contributed by atoms with Crippen molar-refractivity contribution in [2.45, 2.75) is 32.2 Å². The van der Waals surface area contributed by atoms with E-state index in [1.54, 1.807) is 25.7 Å². The molecule has 0 unspecified atom stereocenters. The standard InChI is InChI=1S/C14H20N6O/c1-3-19-10-16-18-13(19)11-5-4-8-20(9-11)14-15-7-6-12(17-14)21-2/h6-7,10-11H,3-5,8-9H2,1-2H3/t11-/m1/s1. The largest absolute Gasteiger partial charge is 0.481 e. The van der Waals surface area contributed by atoms with E-state index in [1.807, 2.05) is 0 Å². The zero-order valence-electron chi connectivity index (χ0n) is 12.4. The number of hydrogen-bond acceptors (Lipinski definition) is 6. The van der Waals surface area contributed by atoms with Crippen molar-refractivity contribution in [3.63, 3.8) is 0 Å².